The number of pyridine rings is 1. The van der Waals surface area contributed by atoms with Crippen LogP contribution in [0.15, 0.2) is 29.1 Å². The third-order valence-electron chi connectivity index (χ3n) is 5.86. The van der Waals surface area contributed by atoms with Gasteiger partial charge in [0.25, 0.3) is 11.5 Å². The van der Waals surface area contributed by atoms with E-state index >= 15 is 0 Å². The van der Waals surface area contributed by atoms with Gasteiger partial charge in [-0.2, -0.15) is 11.8 Å². The number of ether oxygens (including phenoxy) is 1. The summed E-state index contributed by atoms with van der Waals surface area (Å²) >= 11 is 1.81. The molecular weight excluding hydrogens is 424 g/mol. The Bertz CT molecular complexity index is 1020. The zero-order valence-electron chi connectivity index (χ0n) is 17.4. The molecule has 31 heavy (non-hydrogen) atoms. The Kier molecular flexibility index (Phi) is 6.62. The van der Waals surface area contributed by atoms with Gasteiger partial charge in [0.05, 0.1) is 7.11 Å². The lowest BCUT2D eigenvalue weighted by Gasteiger charge is -2.28. The summed E-state index contributed by atoms with van der Waals surface area (Å²) in [5.74, 6) is 0.747. The van der Waals surface area contributed by atoms with Crippen LogP contribution in [0.25, 0.3) is 0 Å². The minimum Gasteiger partial charge on any atom is -0.496 e. The Hall–Kier alpha value is -2.39. The van der Waals surface area contributed by atoms with Gasteiger partial charge >= 0.3 is 0 Å². The van der Waals surface area contributed by atoms with Crippen LogP contribution in [0.4, 0.5) is 8.78 Å². The molecular formula is C22H25F2N3O3S. The third-order valence-corrected chi connectivity index (χ3v) is 6.80. The topological polar surface area (TPSA) is 54.8 Å². The Balaban J connectivity index is 1.64. The Morgan fingerprint density at radius 3 is 2.48 bits per heavy atom. The highest BCUT2D eigenvalue weighted by molar-refractivity contribution is 7.99. The number of rotatable bonds is 4. The van der Waals surface area contributed by atoms with Crippen molar-refractivity contribution in [2.24, 2.45) is 0 Å². The minimum atomic E-state index is -0.584. The van der Waals surface area contributed by atoms with Gasteiger partial charge in [-0.25, -0.2) is 8.78 Å². The van der Waals surface area contributed by atoms with E-state index in [2.05, 4.69) is 0 Å². The van der Waals surface area contributed by atoms with Crippen LogP contribution < -0.4 is 10.3 Å². The molecule has 1 saturated heterocycles. The average Bonchev–Trinajstić information content (AvgIpc) is 2.99. The number of thioether (sulfide) groups is 1. The predicted molar refractivity (Wildman–Crippen MR) is 116 cm³/mol. The second kappa shape index (κ2) is 9.40. The number of amides is 1. The molecule has 0 N–H and O–H groups in total. The van der Waals surface area contributed by atoms with Gasteiger partial charge < -0.3 is 14.2 Å². The molecule has 0 radical (unpaired) electrons. The van der Waals surface area contributed by atoms with Crippen LogP contribution in [-0.4, -0.2) is 65.1 Å². The van der Waals surface area contributed by atoms with Crippen molar-refractivity contribution in [3.8, 4) is 5.75 Å². The second-order valence-electron chi connectivity index (χ2n) is 7.66. The van der Waals surface area contributed by atoms with Gasteiger partial charge in [0.1, 0.15) is 22.9 Å². The van der Waals surface area contributed by atoms with Gasteiger partial charge in [-0.3, -0.25) is 14.5 Å². The van der Waals surface area contributed by atoms with E-state index < -0.39 is 11.6 Å². The zero-order chi connectivity index (χ0) is 22.0. The minimum absolute atomic E-state index is 0.0144. The fourth-order valence-corrected chi connectivity index (χ4v) is 5.08. The first-order valence-electron chi connectivity index (χ1n) is 10.3. The van der Waals surface area contributed by atoms with Crippen LogP contribution in [0.3, 0.4) is 0 Å². The van der Waals surface area contributed by atoms with Gasteiger partial charge in [-0.05, 0) is 12.1 Å². The Morgan fingerprint density at radius 2 is 1.81 bits per heavy atom. The van der Waals surface area contributed by atoms with Crippen LogP contribution in [-0.2, 0) is 19.5 Å². The van der Waals surface area contributed by atoms with Crippen LogP contribution >= 0.6 is 11.8 Å². The number of carbonyl (C=O) groups is 1. The maximum Gasteiger partial charge on any atom is 0.259 e. The summed E-state index contributed by atoms with van der Waals surface area (Å²) in [4.78, 5) is 29.8. The third kappa shape index (κ3) is 4.48. The Morgan fingerprint density at radius 1 is 1.10 bits per heavy atom. The summed E-state index contributed by atoms with van der Waals surface area (Å²) in [5, 5.41) is 0. The van der Waals surface area contributed by atoms with Crippen LogP contribution in [0.1, 0.15) is 21.6 Å². The highest BCUT2D eigenvalue weighted by Gasteiger charge is 2.29. The maximum atomic E-state index is 14.1. The van der Waals surface area contributed by atoms with Gasteiger partial charge in [-0.1, -0.05) is 6.07 Å². The molecule has 0 unspecified atom stereocenters. The molecule has 3 heterocycles. The van der Waals surface area contributed by atoms with Gasteiger partial charge in [-0.15, -0.1) is 0 Å². The van der Waals surface area contributed by atoms with E-state index in [0.29, 0.717) is 50.4 Å². The SMILES string of the molecule is COc1cc(=O)n2c(c1C(=O)N1CCSCC1)CCN(Cc1c(F)cccc1F)CC2. The molecule has 166 valence electrons. The standard InChI is InChI=1S/C22H25F2N3O3S/c1-30-19-13-20(28)27-8-7-25(14-15-16(23)3-2-4-17(15)24)6-5-18(27)21(19)22(29)26-9-11-31-12-10-26/h2-4,13H,5-12,14H2,1H3. The number of aromatic nitrogens is 1. The summed E-state index contributed by atoms with van der Waals surface area (Å²) < 4.78 is 35.3. The molecule has 0 bridgehead atoms. The highest BCUT2D eigenvalue weighted by Crippen LogP contribution is 2.26. The fraction of sp³-hybridized carbons (Fsp3) is 0.455. The fourth-order valence-electron chi connectivity index (χ4n) is 4.17. The molecule has 1 fully saturated rings. The van der Waals surface area contributed by atoms with Crippen LogP contribution in [0.2, 0.25) is 0 Å². The normalized spacial score (nSPS) is 17.2. The maximum absolute atomic E-state index is 14.1. The molecule has 2 aromatic rings. The van der Waals surface area contributed by atoms with Crippen molar-refractivity contribution in [3.05, 3.63) is 63.1 Å². The molecule has 2 aliphatic heterocycles. The summed E-state index contributed by atoms with van der Waals surface area (Å²) in [6, 6.07) is 5.19. The quantitative estimate of drug-likeness (QED) is 0.718. The van der Waals surface area contributed by atoms with Crippen molar-refractivity contribution in [1.29, 1.82) is 0 Å². The van der Waals surface area contributed by atoms with Gasteiger partial charge in [0.15, 0.2) is 0 Å². The van der Waals surface area contributed by atoms with Crippen molar-refractivity contribution < 1.29 is 18.3 Å². The predicted octanol–water partition coefficient (Wildman–Crippen LogP) is 2.38. The summed E-state index contributed by atoms with van der Waals surface area (Å²) in [5.41, 5.74) is 0.828. The molecule has 0 spiro atoms. The molecule has 1 amide bonds. The molecule has 1 aromatic carbocycles. The molecule has 9 heteroatoms. The van der Waals surface area contributed by atoms with E-state index in [0.717, 1.165) is 11.5 Å². The van der Waals surface area contributed by atoms with Crippen molar-refractivity contribution in [1.82, 2.24) is 14.4 Å². The molecule has 0 saturated carbocycles. The van der Waals surface area contributed by atoms with Gasteiger partial charge in [0.2, 0.25) is 0 Å². The summed E-state index contributed by atoms with van der Waals surface area (Å²) in [7, 11) is 1.46. The highest BCUT2D eigenvalue weighted by atomic mass is 32.2. The average molecular weight is 450 g/mol. The summed E-state index contributed by atoms with van der Waals surface area (Å²) in [6.45, 7) is 2.67. The summed E-state index contributed by atoms with van der Waals surface area (Å²) in [6.07, 6.45) is 0.409. The number of hydrogen-bond acceptors (Lipinski definition) is 5. The van der Waals surface area contributed by atoms with Crippen LogP contribution in [0.5, 0.6) is 5.75 Å². The number of benzene rings is 1. The molecule has 0 aliphatic carbocycles. The van der Waals surface area contributed by atoms with Crippen molar-refractivity contribution in [3.63, 3.8) is 0 Å². The monoisotopic (exact) mass is 449 g/mol. The first kappa shape index (κ1) is 21.8. The lowest BCUT2D eigenvalue weighted by molar-refractivity contribution is 0.0766. The molecule has 4 rings (SSSR count). The van der Waals surface area contributed by atoms with Crippen molar-refractivity contribution >= 4 is 17.7 Å². The second-order valence-corrected chi connectivity index (χ2v) is 8.88. The largest absolute Gasteiger partial charge is 0.496 e. The molecule has 1 aromatic heterocycles. The van der Waals surface area contributed by atoms with E-state index in [1.165, 1.54) is 31.4 Å². The van der Waals surface area contributed by atoms with Crippen molar-refractivity contribution in [2.75, 3.05) is 44.8 Å². The Labute approximate surface area is 183 Å². The van der Waals surface area contributed by atoms with Gasteiger partial charge in [0, 0.05) is 74.5 Å². The van der Waals surface area contributed by atoms with E-state index in [1.54, 1.807) is 9.47 Å². The lowest BCUT2D eigenvalue weighted by atomic mass is 10.1. The number of carbonyl (C=O) groups excluding carboxylic acids is 1. The number of methoxy groups -OCH3 is 1. The smallest absolute Gasteiger partial charge is 0.259 e. The van der Waals surface area contributed by atoms with E-state index in [9.17, 15) is 18.4 Å². The lowest BCUT2D eigenvalue weighted by Crippen LogP contribution is -2.39. The first-order valence-corrected chi connectivity index (χ1v) is 11.5. The molecule has 0 atom stereocenters. The first-order chi connectivity index (χ1) is 15.0. The zero-order valence-corrected chi connectivity index (χ0v) is 18.2. The van der Waals surface area contributed by atoms with Crippen LogP contribution in [0, 0.1) is 11.6 Å². The number of nitrogens with zero attached hydrogens (tertiary/aromatic N) is 3. The van der Waals surface area contributed by atoms with E-state index in [1.807, 2.05) is 16.7 Å². The van der Waals surface area contributed by atoms with E-state index in [-0.39, 0.29) is 29.3 Å². The molecule has 2 aliphatic rings. The molecule has 6 nitrogen and oxygen atoms in total. The van der Waals surface area contributed by atoms with E-state index in [4.69, 9.17) is 4.74 Å². The number of fused-ring (bicyclic) bond motifs is 1. The van der Waals surface area contributed by atoms with Crippen molar-refractivity contribution in [2.45, 2.75) is 19.5 Å². The number of halogens is 2. The number of hydrogen-bond donors (Lipinski definition) is 0.